The van der Waals surface area contributed by atoms with Gasteiger partial charge in [-0.2, -0.15) is 0 Å². The van der Waals surface area contributed by atoms with Crippen LogP contribution in [0, 0.1) is 0 Å². The van der Waals surface area contributed by atoms with E-state index in [4.69, 9.17) is 0 Å². The predicted molar refractivity (Wildman–Crippen MR) is 92.1 cm³/mol. The van der Waals surface area contributed by atoms with Crippen LogP contribution in [0.1, 0.15) is 16.7 Å². The molecule has 0 bridgehead atoms. The van der Waals surface area contributed by atoms with Crippen molar-refractivity contribution in [3.63, 3.8) is 0 Å². The molecule has 2 aromatic carbocycles. The highest BCUT2D eigenvalue weighted by atomic mass is 16.4. The number of pyridine rings is 1. The van der Waals surface area contributed by atoms with Gasteiger partial charge in [0.1, 0.15) is 0 Å². The number of hydrogen-bond acceptors (Lipinski definition) is 4. The van der Waals surface area contributed by atoms with Gasteiger partial charge in [0.15, 0.2) is 5.82 Å². The van der Waals surface area contributed by atoms with Crippen LogP contribution in [0.4, 0.5) is 5.82 Å². The number of oxime groups is 1. The van der Waals surface area contributed by atoms with Crippen molar-refractivity contribution in [1.29, 1.82) is 0 Å². The minimum Gasteiger partial charge on any atom is -0.411 e. The van der Waals surface area contributed by atoms with Crippen molar-refractivity contribution in [3.8, 4) is 0 Å². The van der Waals surface area contributed by atoms with E-state index in [1.165, 1.54) is 10.8 Å². The maximum absolute atomic E-state index is 9.57. The second kappa shape index (κ2) is 5.65. The number of aliphatic imine (C=N–C) groups is 1. The number of benzene rings is 2. The third-order valence-corrected chi connectivity index (χ3v) is 4.21. The third kappa shape index (κ3) is 2.38. The van der Waals surface area contributed by atoms with E-state index in [0.29, 0.717) is 12.1 Å². The maximum Gasteiger partial charge on any atom is 0.155 e. The van der Waals surface area contributed by atoms with Crippen molar-refractivity contribution in [3.05, 3.63) is 71.4 Å². The summed E-state index contributed by atoms with van der Waals surface area (Å²) in [7, 11) is 0. The molecule has 23 heavy (non-hydrogen) atoms. The lowest BCUT2D eigenvalue weighted by Gasteiger charge is -2.11. The summed E-state index contributed by atoms with van der Waals surface area (Å²) in [5.74, 6) is 0.724. The van der Waals surface area contributed by atoms with Crippen molar-refractivity contribution in [1.82, 2.24) is 4.98 Å². The van der Waals surface area contributed by atoms with E-state index in [-0.39, 0.29) is 0 Å². The van der Waals surface area contributed by atoms with E-state index < -0.39 is 0 Å². The molecule has 1 aromatic heterocycles. The molecular weight excluding hydrogens is 286 g/mol. The molecule has 0 fully saturated rings. The Morgan fingerprint density at radius 2 is 1.96 bits per heavy atom. The molecule has 2 heterocycles. The lowest BCUT2D eigenvalue weighted by molar-refractivity contribution is 0.318. The summed E-state index contributed by atoms with van der Waals surface area (Å²) in [4.78, 5) is 8.52. The summed E-state index contributed by atoms with van der Waals surface area (Å²) in [6.07, 6.45) is 4.85. The van der Waals surface area contributed by atoms with Crippen LogP contribution in [0.25, 0.3) is 10.8 Å². The van der Waals surface area contributed by atoms with Crippen molar-refractivity contribution in [2.75, 3.05) is 0 Å². The molecule has 4 rings (SSSR count). The highest BCUT2D eigenvalue weighted by molar-refractivity contribution is 6.06. The molecule has 0 aliphatic carbocycles. The molecule has 0 radical (unpaired) electrons. The molecule has 0 saturated carbocycles. The van der Waals surface area contributed by atoms with Gasteiger partial charge in [-0.25, -0.2) is 9.98 Å². The standard InChI is InChI=1S/C19H15N3O/c23-22-18(16-8-10-20-19-17(16)9-11-21-19)12-14-6-3-5-13-4-1-2-7-15(13)14/h1-8,10-11,23H,9,12H2/b22-18+. The highest BCUT2D eigenvalue weighted by Crippen LogP contribution is 2.27. The van der Waals surface area contributed by atoms with Crippen molar-refractivity contribution < 1.29 is 5.21 Å². The van der Waals surface area contributed by atoms with Crippen LogP contribution in [0.5, 0.6) is 0 Å². The smallest absolute Gasteiger partial charge is 0.155 e. The zero-order valence-electron chi connectivity index (χ0n) is 12.5. The van der Waals surface area contributed by atoms with Crippen LogP contribution in [0.15, 0.2) is 64.9 Å². The van der Waals surface area contributed by atoms with E-state index in [0.717, 1.165) is 28.9 Å². The quantitative estimate of drug-likeness (QED) is 0.453. The van der Waals surface area contributed by atoms with Crippen molar-refractivity contribution >= 4 is 28.5 Å². The lowest BCUT2D eigenvalue weighted by atomic mass is 9.95. The summed E-state index contributed by atoms with van der Waals surface area (Å²) in [5, 5.41) is 15.5. The first-order valence-electron chi connectivity index (χ1n) is 7.55. The Morgan fingerprint density at radius 1 is 1.09 bits per heavy atom. The Morgan fingerprint density at radius 3 is 2.87 bits per heavy atom. The van der Waals surface area contributed by atoms with Gasteiger partial charge in [0, 0.05) is 36.4 Å². The van der Waals surface area contributed by atoms with Crippen LogP contribution in [-0.4, -0.2) is 22.1 Å². The molecule has 0 unspecified atom stereocenters. The molecule has 4 nitrogen and oxygen atoms in total. The summed E-state index contributed by atoms with van der Waals surface area (Å²) in [6, 6.07) is 16.3. The van der Waals surface area contributed by atoms with Gasteiger partial charge >= 0.3 is 0 Å². The number of rotatable bonds is 3. The summed E-state index contributed by atoms with van der Waals surface area (Å²) in [5.41, 5.74) is 3.73. The second-order valence-electron chi connectivity index (χ2n) is 5.54. The summed E-state index contributed by atoms with van der Waals surface area (Å²) >= 11 is 0. The van der Waals surface area contributed by atoms with Gasteiger partial charge in [0.25, 0.3) is 0 Å². The van der Waals surface area contributed by atoms with Crippen LogP contribution in [0.3, 0.4) is 0 Å². The lowest BCUT2D eigenvalue weighted by Crippen LogP contribution is -2.09. The van der Waals surface area contributed by atoms with Gasteiger partial charge in [0.05, 0.1) is 5.71 Å². The largest absolute Gasteiger partial charge is 0.411 e. The second-order valence-corrected chi connectivity index (χ2v) is 5.54. The molecule has 1 N–H and O–H groups in total. The van der Waals surface area contributed by atoms with E-state index in [1.54, 1.807) is 6.20 Å². The molecule has 0 saturated heterocycles. The highest BCUT2D eigenvalue weighted by Gasteiger charge is 2.18. The molecule has 3 aromatic rings. The average Bonchev–Trinajstić information content (AvgIpc) is 3.08. The van der Waals surface area contributed by atoms with Crippen LogP contribution >= 0.6 is 0 Å². The van der Waals surface area contributed by atoms with E-state index in [9.17, 15) is 5.21 Å². The van der Waals surface area contributed by atoms with Crippen LogP contribution in [0.2, 0.25) is 0 Å². The van der Waals surface area contributed by atoms with E-state index in [1.807, 2.05) is 30.5 Å². The first kappa shape index (κ1) is 13.6. The fourth-order valence-electron chi connectivity index (χ4n) is 3.10. The van der Waals surface area contributed by atoms with Crippen molar-refractivity contribution in [2.45, 2.75) is 12.8 Å². The first-order chi connectivity index (χ1) is 11.4. The topological polar surface area (TPSA) is 57.8 Å². The maximum atomic E-state index is 9.57. The monoisotopic (exact) mass is 301 g/mol. The van der Waals surface area contributed by atoms with Gasteiger partial charge in [-0.15, -0.1) is 0 Å². The van der Waals surface area contributed by atoms with Crippen LogP contribution in [-0.2, 0) is 12.8 Å². The number of nitrogens with zero attached hydrogens (tertiary/aromatic N) is 3. The SMILES string of the molecule is O/N=C(\Cc1cccc2ccccc12)c1ccnc2c1CC=N2. The molecule has 0 atom stereocenters. The zero-order valence-corrected chi connectivity index (χ0v) is 12.5. The van der Waals surface area contributed by atoms with Crippen LogP contribution < -0.4 is 0 Å². The van der Waals surface area contributed by atoms with Crippen molar-refractivity contribution in [2.24, 2.45) is 10.1 Å². The molecule has 1 aliphatic heterocycles. The average molecular weight is 301 g/mol. The Kier molecular flexibility index (Phi) is 3.35. The molecule has 0 amide bonds. The van der Waals surface area contributed by atoms with E-state index >= 15 is 0 Å². The Balaban J connectivity index is 1.76. The van der Waals surface area contributed by atoms with Gasteiger partial charge in [-0.3, -0.25) is 0 Å². The predicted octanol–water partition coefficient (Wildman–Crippen LogP) is 3.91. The molecule has 0 spiro atoms. The first-order valence-corrected chi connectivity index (χ1v) is 7.55. The molecule has 112 valence electrons. The molecule has 4 heteroatoms. The Bertz CT molecular complexity index is 939. The van der Waals surface area contributed by atoms with Gasteiger partial charge < -0.3 is 5.21 Å². The number of fused-ring (bicyclic) bond motifs is 2. The summed E-state index contributed by atoms with van der Waals surface area (Å²) < 4.78 is 0. The fraction of sp³-hybridized carbons (Fsp3) is 0.105. The zero-order chi connectivity index (χ0) is 15.6. The molecular formula is C19H15N3O. The van der Waals surface area contributed by atoms with E-state index in [2.05, 4.69) is 39.4 Å². The number of hydrogen-bond donors (Lipinski definition) is 1. The molecule has 1 aliphatic rings. The third-order valence-electron chi connectivity index (χ3n) is 4.21. The van der Waals surface area contributed by atoms with Gasteiger partial charge in [0.2, 0.25) is 0 Å². The summed E-state index contributed by atoms with van der Waals surface area (Å²) in [6.45, 7) is 0. The Hall–Kier alpha value is -3.01. The van der Waals surface area contributed by atoms with Gasteiger partial charge in [-0.05, 0) is 22.4 Å². The van der Waals surface area contributed by atoms with Gasteiger partial charge in [-0.1, -0.05) is 47.6 Å². The Labute approximate surface area is 133 Å². The fourth-order valence-corrected chi connectivity index (χ4v) is 3.10. The minimum atomic E-state index is 0.564. The number of aromatic nitrogens is 1. The normalized spacial score (nSPS) is 13.5. The minimum absolute atomic E-state index is 0.564.